The topological polar surface area (TPSA) is 63.8 Å². The van der Waals surface area contributed by atoms with Gasteiger partial charge in [0.1, 0.15) is 5.82 Å². The van der Waals surface area contributed by atoms with Crippen LogP contribution in [0.5, 0.6) is 0 Å². The molecule has 5 heteroatoms. The van der Waals surface area contributed by atoms with E-state index in [2.05, 4.69) is 32.6 Å². The van der Waals surface area contributed by atoms with Gasteiger partial charge in [-0.3, -0.25) is 0 Å². The van der Waals surface area contributed by atoms with Gasteiger partial charge < -0.3 is 9.84 Å². The number of pyridine rings is 1. The number of anilines is 1. The van der Waals surface area contributed by atoms with Crippen LogP contribution in [0.1, 0.15) is 11.7 Å². The lowest BCUT2D eigenvalue weighted by molar-refractivity contribution is 0.377. The molecule has 3 aromatic rings. The molecule has 19 heavy (non-hydrogen) atoms. The summed E-state index contributed by atoms with van der Waals surface area (Å²) in [5.41, 5.74) is 0. The monoisotopic (exact) mass is 254 g/mol. The van der Waals surface area contributed by atoms with Gasteiger partial charge in [-0.05, 0) is 18.4 Å². The molecular formula is C14H14N4O. The Labute approximate surface area is 110 Å². The van der Waals surface area contributed by atoms with Crippen molar-refractivity contribution in [1.82, 2.24) is 15.1 Å². The summed E-state index contributed by atoms with van der Waals surface area (Å²) in [6.07, 6.45) is 2.49. The third kappa shape index (κ3) is 2.54. The highest BCUT2D eigenvalue weighted by molar-refractivity contribution is 5.91. The Balaban J connectivity index is 1.71. The Bertz CT molecular complexity index is 687. The lowest BCUT2D eigenvalue weighted by atomic mass is 10.1. The van der Waals surface area contributed by atoms with Crippen LogP contribution in [0.4, 0.5) is 5.82 Å². The third-order valence-corrected chi connectivity index (χ3v) is 2.87. The molecule has 0 amide bonds. The molecule has 0 saturated heterocycles. The molecule has 0 aliphatic rings. The lowest BCUT2D eigenvalue weighted by Crippen LogP contribution is -2.06. The maximum absolute atomic E-state index is 5.07. The Hall–Kier alpha value is -2.43. The lowest BCUT2D eigenvalue weighted by Gasteiger charge is -2.07. The van der Waals surface area contributed by atoms with E-state index in [0.29, 0.717) is 24.7 Å². The van der Waals surface area contributed by atoms with Crippen molar-refractivity contribution in [2.24, 2.45) is 0 Å². The molecular weight excluding hydrogens is 240 g/mol. The number of hydrogen-bond donors (Lipinski definition) is 1. The van der Waals surface area contributed by atoms with Gasteiger partial charge in [-0.1, -0.05) is 29.4 Å². The largest absolute Gasteiger partial charge is 0.369 e. The Morgan fingerprint density at radius 2 is 2.11 bits per heavy atom. The van der Waals surface area contributed by atoms with Gasteiger partial charge in [0.15, 0.2) is 5.82 Å². The van der Waals surface area contributed by atoms with Gasteiger partial charge in [0.25, 0.3) is 0 Å². The molecule has 3 rings (SSSR count). The number of benzene rings is 1. The quantitative estimate of drug-likeness (QED) is 0.775. The molecule has 0 aliphatic heterocycles. The fourth-order valence-corrected chi connectivity index (χ4v) is 1.99. The molecule has 0 spiro atoms. The fraction of sp³-hybridized carbons (Fsp3) is 0.214. The summed E-state index contributed by atoms with van der Waals surface area (Å²) in [7, 11) is 0. The molecule has 0 atom stereocenters. The summed E-state index contributed by atoms with van der Waals surface area (Å²) in [5.74, 6) is 2.19. The van der Waals surface area contributed by atoms with E-state index in [1.807, 2.05) is 31.3 Å². The Kier molecular flexibility index (Phi) is 3.10. The predicted octanol–water partition coefficient (Wildman–Crippen LogP) is 2.58. The van der Waals surface area contributed by atoms with Crippen molar-refractivity contribution in [3.63, 3.8) is 0 Å². The van der Waals surface area contributed by atoms with Crippen molar-refractivity contribution in [3.8, 4) is 0 Å². The first kappa shape index (κ1) is 11.6. The highest BCUT2D eigenvalue weighted by atomic mass is 16.5. The number of rotatable bonds is 4. The minimum atomic E-state index is 0.644. The molecule has 96 valence electrons. The summed E-state index contributed by atoms with van der Waals surface area (Å²) >= 11 is 0. The van der Waals surface area contributed by atoms with Gasteiger partial charge in [0.05, 0.1) is 0 Å². The van der Waals surface area contributed by atoms with Crippen LogP contribution in [-0.2, 0) is 6.42 Å². The standard InChI is InChI=1S/C14H14N4O/c1-10-17-13(19-18-10)7-9-16-14-12-5-3-2-4-11(12)6-8-15-14/h2-6,8H,7,9H2,1H3,(H,15,16). The van der Waals surface area contributed by atoms with Gasteiger partial charge in [-0.2, -0.15) is 4.98 Å². The molecule has 0 radical (unpaired) electrons. The molecule has 0 unspecified atom stereocenters. The maximum atomic E-state index is 5.07. The third-order valence-electron chi connectivity index (χ3n) is 2.87. The van der Waals surface area contributed by atoms with Crippen LogP contribution >= 0.6 is 0 Å². The average Bonchev–Trinajstić information content (AvgIpc) is 2.85. The van der Waals surface area contributed by atoms with E-state index in [9.17, 15) is 0 Å². The zero-order chi connectivity index (χ0) is 13.1. The van der Waals surface area contributed by atoms with Gasteiger partial charge >= 0.3 is 0 Å². The van der Waals surface area contributed by atoms with Crippen molar-refractivity contribution >= 4 is 16.6 Å². The first-order valence-corrected chi connectivity index (χ1v) is 6.20. The van der Waals surface area contributed by atoms with Crippen LogP contribution in [0.15, 0.2) is 41.1 Å². The number of aromatic nitrogens is 3. The zero-order valence-corrected chi connectivity index (χ0v) is 10.6. The maximum Gasteiger partial charge on any atom is 0.228 e. The highest BCUT2D eigenvalue weighted by Crippen LogP contribution is 2.20. The zero-order valence-electron chi connectivity index (χ0n) is 10.6. The fourth-order valence-electron chi connectivity index (χ4n) is 1.99. The normalized spacial score (nSPS) is 10.8. The minimum absolute atomic E-state index is 0.644. The number of nitrogens with zero attached hydrogens (tertiary/aromatic N) is 3. The summed E-state index contributed by atoms with van der Waals surface area (Å²) in [4.78, 5) is 8.53. The SMILES string of the molecule is Cc1noc(CCNc2nccc3ccccc23)n1. The van der Waals surface area contributed by atoms with Crippen molar-refractivity contribution in [2.75, 3.05) is 11.9 Å². The minimum Gasteiger partial charge on any atom is -0.369 e. The average molecular weight is 254 g/mol. The predicted molar refractivity (Wildman–Crippen MR) is 73.0 cm³/mol. The molecule has 0 bridgehead atoms. The van der Waals surface area contributed by atoms with E-state index in [4.69, 9.17) is 4.52 Å². The summed E-state index contributed by atoms with van der Waals surface area (Å²) in [6.45, 7) is 2.52. The van der Waals surface area contributed by atoms with Crippen molar-refractivity contribution < 1.29 is 4.52 Å². The summed E-state index contributed by atoms with van der Waals surface area (Å²) in [5, 5.41) is 9.36. The highest BCUT2D eigenvalue weighted by Gasteiger charge is 2.04. The van der Waals surface area contributed by atoms with Crippen LogP contribution in [-0.4, -0.2) is 21.7 Å². The van der Waals surface area contributed by atoms with E-state index in [0.717, 1.165) is 11.2 Å². The first-order chi connectivity index (χ1) is 9.33. The Morgan fingerprint density at radius 3 is 2.95 bits per heavy atom. The van der Waals surface area contributed by atoms with E-state index in [-0.39, 0.29) is 0 Å². The van der Waals surface area contributed by atoms with Gasteiger partial charge in [0.2, 0.25) is 5.89 Å². The number of fused-ring (bicyclic) bond motifs is 1. The second-order valence-corrected chi connectivity index (χ2v) is 4.29. The second-order valence-electron chi connectivity index (χ2n) is 4.29. The molecule has 1 aromatic carbocycles. The van der Waals surface area contributed by atoms with Crippen molar-refractivity contribution in [2.45, 2.75) is 13.3 Å². The van der Waals surface area contributed by atoms with Crippen LogP contribution in [0.3, 0.4) is 0 Å². The number of nitrogens with one attached hydrogen (secondary N) is 1. The number of hydrogen-bond acceptors (Lipinski definition) is 5. The van der Waals surface area contributed by atoms with Crippen LogP contribution < -0.4 is 5.32 Å². The van der Waals surface area contributed by atoms with Gasteiger partial charge in [-0.15, -0.1) is 0 Å². The molecule has 0 fully saturated rings. The van der Waals surface area contributed by atoms with E-state index in [1.165, 1.54) is 5.39 Å². The van der Waals surface area contributed by atoms with Crippen molar-refractivity contribution in [1.29, 1.82) is 0 Å². The summed E-state index contributed by atoms with van der Waals surface area (Å²) < 4.78 is 5.07. The Morgan fingerprint density at radius 1 is 1.21 bits per heavy atom. The molecule has 1 N–H and O–H groups in total. The van der Waals surface area contributed by atoms with Crippen LogP contribution in [0.25, 0.3) is 10.8 Å². The first-order valence-electron chi connectivity index (χ1n) is 6.20. The molecule has 2 aromatic heterocycles. The van der Waals surface area contributed by atoms with E-state index >= 15 is 0 Å². The van der Waals surface area contributed by atoms with E-state index < -0.39 is 0 Å². The van der Waals surface area contributed by atoms with Crippen LogP contribution in [0, 0.1) is 6.92 Å². The van der Waals surface area contributed by atoms with E-state index in [1.54, 1.807) is 0 Å². The number of aryl methyl sites for hydroxylation is 1. The van der Waals surface area contributed by atoms with Gasteiger partial charge in [0, 0.05) is 24.5 Å². The smallest absolute Gasteiger partial charge is 0.228 e. The van der Waals surface area contributed by atoms with Gasteiger partial charge in [-0.25, -0.2) is 4.98 Å². The molecule has 0 saturated carbocycles. The molecule has 5 nitrogen and oxygen atoms in total. The van der Waals surface area contributed by atoms with Crippen LogP contribution in [0.2, 0.25) is 0 Å². The second kappa shape index (κ2) is 5.06. The molecule has 0 aliphatic carbocycles. The summed E-state index contributed by atoms with van der Waals surface area (Å²) in [6, 6.07) is 10.2. The molecule has 2 heterocycles. The van der Waals surface area contributed by atoms with Crippen molar-refractivity contribution in [3.05, 3.63) is 48.2 Å².